The fraction of sp³-hybridized carbons (Fsp3) is 0.143. The molecule has 2 N–H and O–H groups in total. The number of aromatic nitrogens is 3. The largest absolute Gasteiger partial charge is 0.478 e. The molecule has 0 radical (unpaired) electrons. The van der Waals surface area contributed by atoms with E-state index in [-0.39, 0.29) is 11.6 Å². The summed E-state index contributed by atoms with van der Waals surface area (Å²) in [5.41, 5.74) is 1.74. The molecule has 0 unspecified atom stereocenters. The number of anilines is 1. The first-order chi connectivity index (χ1) is 11.0. The van der Waals surface area contributed by atoms with Gasteiger partial charge in [0.2, 0.25) is 10.1 Å². The van der Waals surface area contributed by atoms with E-state index in [1.54, 1.807) is 36.9 Å². The molecule has 0 aliphatic rings. The number of carboxylic acids is 1. The fourth-order valence-electron chi connectivity index (χ4n) is 2.05. The number of carboxylic acid groups (broad SMARTS) is 1. The quantitative estimate of drug-likeness (QED) is 0.764. The van der Waals surface area contributed by atoms with Crippen molar-refractivity contribution in [3.05, 3.63) is 36.0 Å². The number of amides is 2. The third kappa shape index (κ3) is 2.61. The number of urea groups is 1. The van der Waals surface area contributed by atoms with E-state index in [4.69, 9.17) is 5.11 Å². The van der Waals surface area contributed by atoms with Crippen LogP contribution in [-0.4, -0.2) is 45.8 Å². The normalized spacial score (nSPS) is 10.7. The van der Waals surface area contributed by atoms with Gasteiger partial charge in [0.05, 0.1) is 17.5 Å². The van der Waals surface area contributed by atoms with Gasteiger partial charge in [-0.15, -0.1) is 5.10 Å². The Kier molecular flexibility index (Phi) is 3.70. The van der Waals surface area contributed by atoms with Gasteiger partial charge in [-0.3, -0.25) is 4.90 Å². The summed E-state index contributed by atoms with van der Waals surface area (Å²) in [5, 5.41) is 16.4. The van der Waals surface area contributed by atoms with Crippen LogP contribution in [-0.2, 0) is 0 Å². The Hall–Kier alpha value is -2.94. The van der Waals surface area contributed by atoms with Gasteiger partial charge in [0, 0.05) is 19.7 Å². The lowest BCUT2D eigenvalue weighted by atomic mass is 10.1. The molecular weight excluding hydrogens is 318 g/mol. The van der Waals surface area contributed by atoms with Crippen molar-refractivity contribution in [1.29, 1.82) is 0 Å². The zero-order valence-corrected chi connectivity index (χ0v) is 13.2. The average molecular weight is 331 g/mol. The third-order valence-electron chi connectivity index (χ3n) is 3.31. The molecule has 23 heavy (non-hydrogen) atoms. The highest BCUT2D eigenvalue weighted by molar-refractivity contribution is 7.20. The second-order valence-electron chi connectivity index (χ2n) is 4.72. The SMILES string of the molecule is CNC(=O)N(C)c1nn2c(-c3ccc(C(=O)O)cc3)cnc2s1. The van der Waals surface area contributed by atoms with Crippen LogP contribution in [0.3, 0.4) is 0 Å². The van der Waals surface area contributed by atoms with Gasteiger partial charge in [-0.25, -0.2) is 19.1 Å². The molecule has 8 nitrogen and oxygen atoms in total. The Bertz CT molecular complexity index is 884. The Morgan fingerprint density at radius 2 is 2.00 bits per heavy atom. The van der Waals surface area contributed by atoms with E-state index in [1.807, 2.05) is 0 Å². The van der Waals surface area contributed by atoms with Gasteiger partial charge in [-0.1, -0.05) is 23.5 Å². The van der Waals surface area contributed by atoms with Crippen LogP contribution in [0.4, 0.5) is 9.93 Å². The maximum atomic E-state index is 11.7. The van der Waals surface area contributed by atoms with E-state index in [1.165, 1.54) is 28.4 Å². The Labute approximate surface area is 135 Å². The van der Waals surface area contributed by atoms with Gasteiger partial charge in [0.15, 0.2) is 0 Å². The summed E-state index contributed by atoms with van der Waals surface area (Å²) < 4.78 is 1.63. The van der Waals surface area contributed by atoms with E-state index in [9.17, 15) is 9.59 Å². The Balaban J connectivity index is 2.00. The number of aromatic carboxylic acids is 1. The molecule has 3 rings (SSSR count). The number of benzene rings is 1. The van der Waals surface area contributed by atoms with E-state index < -0.39 is 5.97 Å². The van der Waals surface area contributed by atoms with Crippen LogP contribution in [0.1, 0.15) is 10.4 Å². The first kappa shape index (κ1) is 15.0. The lowest BCUT2D eigenvalue weighted by Crippen LogP contribution is -2.34. The summed E-state index contributed by atoms with van der Waals surface area (Å²) in [6.07, 6.45) is 1.66. The van der Waals surface area contributed by atoms with Gasteiger partial charge >= 0.3 is 12.0 Å². The zero-order valence-electron chi connectivity index (χ0n) is 12.3. The Morgan fingerprint density at radius 3 is 2.61 bits per heavy atom. The Morgan fingerprint density at radius 1 is 1.30 bits per heavy atom. The molecule has 3 aromatic rings. The number of fused-ring (bicyclic) bond motifs is 1. The van der Waals surface area contributed by atoms with Crippen LogP contribution in [0.2, 0.25) is 0 Å². The number of imidazole rings is 1. The van der Waals surface area contributed by atoms with E-state index in [2.05, 4.69) is 15.4 Å². The molecule has 0 saturated heterocycles. The molecule has 1 aromatic carbocycles. The fourth-order valence-corrected chi connectivity index (χ4v) is 2.89. The molecule has 0 saturated carbocycles. The summed E-state index contributed by atoms with van der Waals surface area (Å²) in [6, 6.07) is 6.19. The lowest BCUT2D eigenvalue weighted by Gasteiger charge is -2.11. The monoisotopic (exact) mass is 331 g/mol. The van der Waals surface area contributed by atoms with Gasteiger partial charge < -0.3 is 10.4 Å². The number of rotatable bonds is 3. The lowest BCUT2D eigenvalue weighted by molar-refractivity contribution is 0.0697. The minimum atomic E-state index is -0.974. The van der Waals surface area contributed by atoms with Crippen molar-refractivity contribution in [3.8, 4) is 11.3 Å². The minimum Gasteiger partial charge on any atom is -0.478 e. The third-order valence-corrected chi connectivity index (χ3v) is 4.31. The maximum absolute atomic E-state index is 11.7. The van der Waals surface area contributed by atoms with E-state index in [0.717, 1.165) is 11.3 Å². The molecule has 2 amide bonds. The predicted molar refractivity (Wildman–Crippen MR) is 86.1 cm³/mol. The van der Waals surface area contributed by atoms with E-state index >= 15 is 0 Å². The summed E-state index contributed by atoms with van der Waals surface area (Å²) in [5.74, 6) is -0.974. The number of hydrogen-bond donors (Lipinski definition) is 2. The number of nitrogens with one attached hydrogen (secondary N) is 1. The molecule has 0 atom stereocenters. The second-order valence-corrected chi connectivity index (χ2v) is 5.65. The van der Waals surface area contributed by atoms with Crippen molar-refractivity contribution in [3.63, 3.8) is 0 Å². The van der Waals surface area contributed by atoms with Crippen molar-refractivity contribution >= 4 is 33.4 Å². The first-order valence-corrected chi connectivity index (χ1v) is 7.46. The maximum Gasteiger partial charge on any atom is 0.335 e. The van der Waals surface area contributed by atoms with Crippen LogP contribution >= 0.6 is 11.3 Å². The zero-order chi connectivity index (χ0) is 16.6. The molecule has 2 heterocycles. The summed E-state index contributed by atoms with van der Waals surface area (Å²) >= 11 is 1.28. The van der Waals surface area contributed by atoms with Crippen LogP contribution in [0.15, 0.2) is 30.5 Å². The second kappa shape index (κ2) is 5.69. The van der Waals surface area contributed by atoms with Gasteiger partial charge in [-0.05, 0) is 12.1 Å². The molecule has 118 valence electrons. The minimum absolute atomic E-state index is 0.216. The molecule has 0 fully saturated rings. The number of carbonyl (C=O) groups excluding carboxylic acids is 1. The average Bonchev–Trinajstić information content (AvgIpc) is 3.13. The highest BCUT2D eigenvalue weighted by Gasteiger charge is 2.17. The molecule has 9 heteroatoms. The molecular formula is C14H13N5O3S. The van der Waals surface area contributed by atoms with Crippen molar-refractivity contribution in [2.45, 2.75) is 0 Å². The first-order valence-electron chi connectivity index (χ1n) is 6.65. The van der Waals surface area contributed by atoms with Crippen LogP contribution in [0, 0.1) is 0 Å². The highest BCUT2D eigenvalue weighted by atomic mass is 32.1. The molecule has 0 spiro atoms. The van der Waals surface area contributed by atoms with Gasteiger partial charge in [0.1, 0.15) is 0 Å². The van der Waals surface area contributed by atoms with Crippen LogP contribution in [0.25, 0.3) is 16.2 Å². The van der Waals surface area contributed by atoms with Crippen LogP contribution in [0.5, 0.6) is 0 Å². The predicted octanol–water partition coefficient (Wildman–Crippen LogP) is 1.93. The molecule has 2 aromatic heterocycles. The van der Waals surface area contributed by atoms with Gasteiger partial charge in [-0.2, -0.15) is 0 Å². The van der Waals surface area contributed by atoms with Crippen molar-refractivity contribution < 1.29 is 14.7 Å². The van der Waals surface area contributed by atoms with E-state index in [0.29, 0.717) is 10.1 Å². The summed E-state index contributed by atoms with van der Waals surface area (Å²) in [4.78, 5) is 28.9. The standard InChI is InChI=1S/C14H13N5O3S/c1-15-12(22)18(2)14-17-19-10(7-16-13(19)23-14)8-3-5-9(6-4-8)11(20)21/h3-7H,1-2H3,(H,15,22)(H,20,21). The summed E-state index contributed by atoms with van der Waals surface area (Å²) in [6.45, 7) is 0. The van der Waals surface area contributed by atoms with Crippen molar-refractivity contribution in [2.24, 2.45) is 0 Å². The summed E-state index contributed by atoms with van der Waals surface area (Å²) in [7, 11) is 3.17. The molecule has 0 aliphatic heterocycles. The number of nitrogens with zero attached hydrogens (tertiary/aromatic N) is 4. The molecule has 0 aliphatic carbocycles. The highest BCUT2D eigenvalue weighted by Crippen LogP contribution is 2.27. The number of hydrogen-bond acceptors (Lipinski definition) is 5. The smallest absolute Gasteiger partial charge is 0.335 e. The number of carbonyl (C=O) groups is 2. The van der Waals surface area contributed by atoms with Crippen LogP contribution < -0.4 is 10.2 Å². The molecule has 0 bridgehead atoms. The topological polar surface area (TPSA) is 99.8 Å². The van der Waals surface area contributed by atoms with Crippen molar-refractivity contribution in [2.75, 3.05) is 19.0 Å². The van der Waals surface area contributed by atoms with Gasteiger partial charge in [0.25, 0.3) is 0 Å². The van der Waals surface area contributed by atoms with Crippen molar-refractivity contribution in [1.82, 2.24) is 19.9 Å².